The van der Waals surface area contributed by atoms with E-state index in [0.29, 0.717) is 6.54 Å². The first-order valence-electron chi connectivity index (χ1n) is 4.23. The van der Waals surface area contributed by atoms with Crippen LogP contribution in [0.3, 0.4) is 0 Å². The van der Waals surface area contributed by atoms with Crippen LogP contribution in [0.2, 0.25) is 0 Å². The summed E-state index contributed by atoms with van der Waals surface area (Å²) in [6.07, 6.45) is 0.949. The van der Waals surface area contributed by atoms with Crippen LogP contribution in [0.5, 0.6) is 0 Å². The number of hydrogen-bond donors (Lipinski definition) is 1. The van der Waals surface area contributed by atoms with E-state index in [1.807, 2.05) is 11.3 Å². The SMILES string of the molecule is Cc1ccc(CNCCC[NH])s1. The van der Waals surface area contributed by atoms with Gasteiger partial charge in [0.2, 0.25) is 0 Å². The zero-order valence-corrected chi connectivity index (χ0v) is 8.21. The molecule has 1 rings (SSSR count). The maximum absolute atomic E-state index is 6.95. The van der Waals surface area contributed by atoms with Crippen LogP contribution >= 0.6 is 11.3 Å². The van der Waals surface area contributed by atoms with Crippen molar-refractivity contribution < 1.29 is 0 Å². The first-order chi connectivity index (χ1) is 5.83. The first-order valence-corrected chi connectivity index (χ1v) is 5.05. The molecule has 0 saturated heterocycles. The standard InChI is InChI=1S/C9H15N2S/c1-8-3-4-9(12-8)7-11-6-2-5-10/h3-4,10-11H,2,5-7H2,1H3. The zero-order valence-electron chi connectivity index (χ0n) is 7.39. The molecule has 2 nitrogen and oxygen atoms in total. The fourth-order valence-corrected chi connectivity index (χ4v) is 1.87. The number of nitrogens with one attached hydrogen (secondary N) is 2. The second kappa shape index (κ2) is 5.30. The Bertz CT molecular complexity index is 220. The maximum atomic E-state index is 6.95. The topological polar surface area (TPSA) is 35.8 Å². The van der Waals surface area contributed by atoms with Crippen molar-refractivity contribution in [3.8, 4) is 0 Å². The van der Waals surface area contributed by atoms with Crippen LogP contribution in [0.25, 0.3) is 0 Å². The van der Waals surface area contributed by atoms with Crippen molar-refractivity contribution in [2.45, 2.75) is 19.9 Å². The van der Waals surface area contributed by atoms with E-state index in [4.69, 9.17) is 5.73 Å². The molecule has 1 radical (unpaired) electrons. The highest BCUT2D eigenvalue weighted by Crippen LogP contribution is 2.14. The highest BCUT2D eigenvalue weighted by molar-refractivity contribution is 7.11. The molecule has 0 aliphatic rings. The molecule has 2 N–H and O–H groups in total. The smallest absolute Gasteiger partial charge is 0.0299 e. The molecule has 3 heteroatoms. The Morgan fingerprint density at radius 1 is 1.50 bits per heavy atom. The van der Waals surface area contributed by atoms with Gasteiger partial charge in [0.1, 0.15) is 0 Å². The average Bonchev–Trinajstić information content (AvgIpc) is 2.45. The minimum atomic E-state index is 0.524. The second-order valence-corrected chi connectivity index (χ2v) is 4.17. The molecule has 0 aliphatic carbocycles. The van der Waals surface area contributed by atoms with Gasteiger partial charge in [0.15, 0.2) is 0 Å². The second-order valence-electron chi connectivity index (χ2n) is 2.79. The number of hydrogen-bond acceptors (Lipinski definition) is 2. The summed E-state index contributed by atoms with van der Waals surface area (Å²) < 4.78 is 0. The van der Waals surface area contributed by atoms with E-state index in [9.17, 15) is 0 Å². The Hall–Kier alpha value is -0.380. The van der Waals surface area contributed by atoms with Gasteiger partial charge in [-0.3, -0.25) is 5.73 Å². The van der Waals surface area contributed by atoms with Crippen molar-refractivity contribution in [3.63, 3.8) is 0 Å². The summed E-state index contributed by atoms with van der Waals surface area (Å²) in [5.74, 6) is 0. The predicted molar refractivity (Wildman–Crippen MR) is 53.3 cm³/mol. The number of aryl methyl sites for hydroxylation is 1. The third-order valence-electron chi connectivity index (χ3n) is 1.63. The monoisotopic (exact) mass is 183 g/mol. The van der Waals surface area contributed by atoms with Crippen LogP contribution in [-0.2, 0) is 6.54 Å². The maximum Gasteiger partial charge on any atom is 0.0299 e. The zero-order chi connectivity index (χ0) is 8.81. The van der Waals surface area contributed by atoms with Gasteiger partial charge >= 0.3 is 0 Å². The van der Waals surface area contributed by atoms with Crippen LogP contribution in [0.1, 0.15) is 16.2 Å². The lowest BCUT2D eigenvalue weighted by atomic mass is 10.4. The van der Waals surface area contributed by atoms with Crippen LogP contribution in [0, 0.1) is 6.92 Å². The van der Waals surface area contributed by atoms with Crippen molar-refractivity contribution in [2.75, 3.05) is 13.1 Å². The molecular formula is C9H15N2S. The molecule has 0 saturated carbocycles. The van der Waals surface area contributed by atoms with E-state index in [1.165, 1.54) is 9.75 Å². The van der Waals surface area contributed by atoms with Crippen molar-refractivity contribution in [1.82, 2.24) is 11.1 Å². The minimum absolute atomic E-state index is 0.524. The molecule has 12 heavy (non-hydrogen) atoms. The quantitative estimate of drug-likeness (QED) is 0.694. The fourth-order valence-electron chi connectivity index (χ4n) is 1.01. The molecule has 0 aromatic carbocycles. The molecule has 0 amide bonds. The summed E-state index contributed by atoms with van der Waals surface area (Å²) in [5, 5.41) is 3.31. The van der Waals surface area contributed by atoms with Gasteiger partial charge in [0.25, 0.3) is 0 Å². The Labute approximate surface area is 77.8 Å². The Morgan fingerprint density at radius 3 is 2.92 bits per heavy atom. The van der Waals surface area contributed by atoms with Gasteiger partial charge in [-0.25, -0.2) is 0 Å². The molecule has 0 spiro atoms. The summed E-state index contributed by atoms with van der Waals surface area (Å²) in [6, 6.07) is 4.31. The molecule has 0 unspecified atom stereocenters. The summed E-state index contributed by atoms with van der Waals surface area (Å²) in [6.45, 7) is 4.56. The van der Waals surface area contributed by atoms with Gasteiger partial charge in [-0.05, 0) is 32.0 Å². The van der Waals surface area contributed by atoms with Gasteiger partial charge in [-0.2, -0.15) is 0 Å². The molecular weight excluding hydrogens is 168 g/mol. The largest absolute Gasteiger partial charge is 0.312 e. The summed E-state index contributed by atoms with van der Waals surface area (Å²) >= 11 is 1.84. The Balaban J connectivity index is 2.15. The Morgan fingerprint density at radius 2 is 2.33 bits per heavy atom. The van der Waals surface area contributed by atoms with E-state index in [-0.39, 0.29) is 0 Å². The predicted octanol–water partition coefficient (Wildman–Crippen LogP) is 1.82. The third kappa shape index (κ3) is 3.34. The van der Waals surface area contributed by atoms with Crippen LogP contribution in [0.4, 0.5) is 0 Å². The van der Waals surface area contributed by atoms with E-state index >= 15 is 0 Å². The van der Waals surface area contributed by atoms with E-state index in [1.54, 1.807) is 0 Å². The van der Waals surface area contributed by atoms with Crippen molar-refractivity contribution >= 4 is 11.3 Å². The van der Waals surface area contributed by atoms with Crippen LogP contribution in [-0.4, -0.2) is 13.1 Å². The average molecular weight is 183 g/mol. The van der Waals surface area contributed by atoms with Gasteiger partial charge in [0, 0.05) is 22.8 Å². The highest BCUT2D eigenvalue weighted by atomic mass is 32.1. The van der Waals surface area contributed by atoms with Crippen LogP contribution < -0.4 is 11.1 Å². The minimum Gasteiger partial charge on any atom is -0.312 e. The molecule has 67 valence electrons. The molecule has 1 heterocycles. The first kappa shape index (κ1) is 9.71. The summed E-state index contributed by atoms with van der Waals surface area (Å²) in [5.41, 5.74) is 6.95. The molecule has 0 aliphatic heterocycles. The molecule has 0 bridgehead atoms. The lowest BCUT2D eigenvalue weighted by molar-refractivity contribution is 0.656. The van der Waals surface area contributed by atoms with Crippen molar-refractivity contribution in [1.29, 1.82) is 0 Å². The normalized spacial score (nSPS) is 10.5. The lowest BCUT2D eigenvalue weighted by Crippen LogP contribution is -2.15. The van der Waals surface area contributed by atoms with Gasteiger partial charge < -0.3 is 5.32 Å². The highest BCUT2D eigenvalue weighted by Gasteiger charge is 1.94. The number of rotatable bonds is 5. The molecule has 1 aromatic heterocycles. The Kier molecular flexibility index (Phi) is 4.29. The summed E-state index contributed by atoms with van der Waals surface area (Å²) in [7, 11) is 0. The van der Waals surface area contributed by atoms with E-state index in [2.05, 4.69) is 24.4 Å². The van der Waals surface area contributed by atoms with Crippen molar-refractivity contribution in [3.05, 3.63) is 21.9 Å². The van der Waals surface area contributed by atoms with Gasteiger partial charge in [-0.1, -0.05) is 0 Å². The fraction of sp³-hybridized carbons (Fsp3) is 0.556. The van der Waals surface area contributed by atoms with E-state index < -0.39 is 0 Å². The van der Waals surface area contributed by atoms with Gasteiger partial charge in [0.05, 0.1) is 0 Å². The molecule has 1 aromatic rings. The van der Waals surface area contributed by atoms with Gasteiger partial charge in [-0.15, -0.1) is 11.3 Å². The van der Waals surface area contributed by atoms with Crippen molar-refractivity contribution in [2.24, 2.45) is 0 Å². The third-order valence-corrected chi connectivity index (χ3v) is 2.63. The van der Waals surface area contributed by atoms with E-state index in [0.717, 1.165) is 19.5 Å². The lowest BCUT2D eigenvalue weighted by Gasteiger charge is -1.99. The summed E-state index contributed by atoms with van der Waals surface area (Å²) in [4.78, 5) is 2.75. The molecule has 0 fully saturated rings. The molecule has 0 atom stereocenters. The number of thiophene rings is 1. The van der Waals surface area contributed by atoms with Crippen LogP contribution in [0.15, 0.2) is 12.1 Å².